The number of nitrogens with zero attached hydrogens (tertiary/aromatic N) is 3. The van der Waals surface area contributed by atoms with Crippen LogP contribution in [0.4, 0.5) is 13.2 Å². The number of fused-ring (bicyclic) bond motifs is 1. The molecule has 2 aromatic rings. The van der Waals surface area contributed by atoms with Gasteiger partial charge in [0.05, 0.1) is 27.8 Å². The van der Waals surface area contributed by atoms with Gasteiger partial charge in [-0.2, -0.15) is 18.3 Å². The maximum absolute atomic E-state index is 13.3. The molecule has 1 fully saturated rings. The van der Waals surface area contributed by atoms with Crippen LogP contribution in [-0.4, -0.2) is 31.6 Å². The first-order valence-corrected chi connectivity index (χ1v) is 8.15. The summed E-state index contributed by atoms with van der Waals surface area (Å²) in [5.41, 5.74) is -0.806. The average molecular weight is 345 g/mol. The molecule has 0 radical (unpaired) electrons. The number of aliphatic carboxylic acids is 1. The molecule has 0 saturated heterocycles. The third-order valence-electron chi connectivity index (χ3n) is 3.83. The van der Waals surface area contributed by atoms with Gasteiger partial charge in [0.1, 0.15) is 0 Å². The summed E-state index contributed by atoms with van der Waals surface area (Å²) in [6.45, 7) is 0. The van der Waals surface area contributed by atoms with Crippen LogP contribution in [0.2, 0.25) is 0 Å². The van der Waals surface area contributed by atoms with E-state index in [1.165, 1.54) is 6.20 Å². The first-order chi connectivity index (χ1) is 10.8. The van der Waals surface area contributed by atoms with Crippen LogP contribution in [0.1, 0.15) is 37.3 Å². The molecule has 124 valence electrons. The molecule has 1 aliphatic carbocycles. The van der Waals surface area contributed by atoms with Crippen molar-refractivity contribution in [1.82, 2.24) is 14.8 Å². The van der Waals surface area contributed by atoms with Gasteiger partial charge in [0.2, 0.25) is 0 Å². The number of pyridine rings is 1. The molecular formula is C14H14F3N3O2S. The molecule has 0 atom stereocenters. The molecule has 23 heavy (non-hydrogen) atoms. The van der Waals surface area contributed by atoms with E-state index < -0.39 is 17.7 Å². The van der Waals surface area contributed by atoms with Crippen LogP contribution >= 0.6 is 11.8 Å². The van der Waals surface area contributed by atoms with Crippen molar-refractivity contribution in [3.8, 4) is 0 Å². The standard InChI is InChI=1S/C14H14F3N3O2S/c15-14(16,17)10-5-11(23-7-12(21)22)18-13-9(10)6-20(19-13)8-3-1-2-4-8/h5-6,8H,1-4,7H2,(H,21,22). The van der Waals surface area contributed by atoms with Gasteiger partial charge >= 0.3 is 12.1 Å². The summed E-state index contributed by atoms with van der Waals surface area (Å²) < 4.78 is 41.5. The van der Waals surface area contributed by atoms with E-state index in [9.17, 15) is 18.0 Å². The fourth-order valence-corrected chi connectivity index (χ4v) is 3.42. The minimum absolute atomic E-state index is 0.0135. The van der Waals surface area contributed by atoms with Gasteiger partial charge in [-0.15, -0.1) is 0 Å². The number of halogens is 3. The van der Waals surface area contributed by atoms with Crippen molar-refractivity contribution in [3.05, 3.63) is 17.8 Å². The molecule has 0 amide bonds. The highest BCUT2D eigenvalue weighted by molar-refractivity contribution is 7.99. The molecule has 3 rings (SSSR count). The number of alkyl halides is 3. The highest BCUT2D eigenvalue weighted by Crippen LogP contribution is 2.37. The van der Waals surface area contributed by atoms with Crippen LogP contribution in [0.25, 0.3) is 11.0 Å². The van der Waals surface area contributed by atoms with Crippen molar-refractivity contribution in [3.63, 3.8) is 0 Å². The lowest BCUT2D eigenvalue weighted by Crippen LogP contribution is -2.07. The van der Waals surface area contributed by atoms with E-state index in [2.05, 4.69) is 10.1 Å². The number of thioether (sulfide) groups is 1. The van der Waals surface area contributed by atoms with Crippen LogP contribution in [0.15, 0.2) is 17.3 Å². The number of carboxylic acids is 1. The van der Waals surface area contributed by atoms with Crippen molar-refractivity contribution in [2.24, 2.45) is 0 Å². The number of carbonyl (C=O) groups is 1. The van der Waals surface area contributed by atoms with Gasteiger partial charge in [-0.1, -0.05) is 24.6 Å². The lowest BCUT2D eigenvalue weighted by molar-refractivity contribution is -0.136. The van der Waals surface area contributed by atoms with Gasteiger partial charge in [-0.25, -0.2) is 4.98 Å². The smallest absolute Gasteiger partial charge is 0.417 e. The Morgan fingerprint density at radius 3 is 2.70 bits per heavy atom. The fraction of sp³-hybridized carbons (Fsp3) is 0.500. The molecule has 0 spiro atoms. The number of hydrogen-bond donors (Lipinski definition) is 1. The van der Waals surface area contributed by atoms with Crippen molar-refractivity contribution in [2.75, 3.05) is 5.75 Å². The van der Waals surface area contributed by atoms with Gasteiger partial charge in [-0.3, -0.25) is 9.48 Å². The molecule has 1 saturated carbocycles. The second-order valence-electron chi connectivity index (χ2n) is 5.47. The Hall–Kier alpha value is -1.77. The Morgan fingerprint density at radius 1 is 1.39 bits per heavy atom. The van der Waals surface area contributed by atoms with Gasteiger partial charge < -0.3 is 5.11 Å². The Bertz CT molecular complexity index is 739. The van der Waals surface area contributed by atoms with Crippen LogP contribution < -0.4 is 0 Å². The summed E-state index contributed by atoms with van der Waals surface area (Å²) >= 11 is 0.755. The van der Waals surface area contributed by atoms with Crippen molar-refractivity contribution in [2.45, 2.75) is 42.9 Å². The zero-order valence-electron chi connectivity index (χ0n) is 12.0. The molecule has 0 aromatic carbocycles. The Kier molecular flexibility index (Phi) is 4.22. The fourth-order valence-electron chi connectivity index (χ4n) is 2.79. The maximum Gasteiger partial charge on any atom is 0.417 e. The molecule has 2 heterocycles. The molecule has 5 nitrogen and oxygen atoms in total. The van der Waals surface area contributed by atoms with Crippen LogP contribution in [0.3, 0.4) is 0 Å². The van der Waals surface area contributed by atoms with E-state index in [0.29, 0.717) is 0 Å². The predicted molar refractivity (Wildman–Crippen MR) is 78.4 cm³/mol. The second-order valence-corrected chi connectivity index (χ2v) is 6.47. The summed E-state index contributed by atoms with van der Waals surface area (Å²) in [7, 11) is 0. The van der Waals surface area contributed by atoms with E-state index in [-0.39, 0.29) is 27.9 Å². The van der Waals surface area contributed by atoms with Crippen LogP contribution in [0, 0.1) is 0 Å². The van der Waals surface area contributed by atoms with Crippen LogP contribution in [0.5, 0.6) is 0 Å². The molecule has 0 aliphatic heterocycles. The van der Waals surface area contributed by atoms with Gasteiger partial charge in [0.15, 0.2) is 5.65 Å². The van der Waals surface area contributed by atoms with E-state index >= 15 is 0 Å². The number of rotatable bonds is 4. The summed E-state index contributed by atoms with van der Waals surface area (Å²) in [5.74, 6) is -1.46. The zero-order chi connectivity index (χ0) is 16.6. The lowest BCUT2D eigenvalue weighted by Gasteiger charge is -2.09. The Balaban J connectivity index is 2.05. The highest BCUT2D eigenvalue weighted by atomic mass is 32.2. The summed E-state index contributed by atoms with van der Waals surface area (Å²) in [5, 5.41) is 12.9. The van der Waals surface area contributed by atoms with Gasteiger partial charge in [0, 0.05) is 6.20 Å². The van der Waals surface area contributed by atoms with Crippen molar-refractivity contribution < 1.29 is 23.1 Å². The van der Waals surface area contributed by atoms with Gasteiger partial charge in [0.25, 0.3) is 0 Å². The third kappa shape index (κ3) is 3.44. The van der Waals surface area contributed by atoms with E-state index in [1.807, 2.05) is 0 Å². The quantitative estimate of drug-likeness (QED) is 0.855. The normalized spacial score (nSPS) is 16.3. The molecule has 0 unspecified atom stereocenters. The number of carboxylic acid groups (broad SMARTS) is 1. The summed E-state index contributed by atoms with van der Waals surface area (Å²) in [6.07, 6.45) is 0.752. The van der Waals surface area contributed by atoms with Crippen molar-refractivity contribution in [1.29, 1.82) is 0 Å². The van der Waals surface area contributed by atoms with Crippen LogP contribution in [-0.2, 0) is 11.0 Å². The maximum atomic E-state index is 13.3. The average Bonchev–Trinajstić information content (AvgIpc) is 3.11. The molecule has 2 aromatic heterocycles. The number of hydrogen-bond acceptors (Lipinski definition) is 4. The molecule has 9 heteroatoms. The predicted octanol–water partition coefficient (Wildman–Crippen LogP) is 3.74. The largest absolute Gasteiger partial charge is 0.481 e. The second kappa shape index (κ2) is 6.03. The van der Waals surface area contributed by atoms with E-state index in [1.54, 1.807) is 4.68 Å². The Labute approximate surface area is 133 Å². The Morgan fingerprint density at radius 2 is 2.09 bits per heavy atom. The highest BCUT2D eigenvalue weighted by Gasteiger charge is 2.35. The molecule has 1 N–H and O–H groups in total. The van der Waals surface area contributed by atoms with E-state index in [4.69, 9.17) is 5.11 Å². The topological polar surface area (TPSA) is 68.0 Å². The third-order valence-corrected chi connectivity index (χ3v) is 4.73. The minimum Gasteiger partial charge on any atom is -0.481 e. The first-order valence-electron chi connectivity index (χ1n) is 7.16. The minimum atomic E-state index is -4.54. The molecule has 1 aliphatic rings. The van der Waals surface area contributed by atoms with Gasteiger partial charge in [-0.05, 0) is 18.9 Å². The SMILES string of the molecule is O=C(O)CSc1cc(C(F)(F)F)c2cn(C3CCCC3)nc2n1. The zero-order valence-corrected chi connectivity index (χ0v) is 12.8. The monoisotopic (exact) mass is 345 g/mol. The summed E-state index contributed by atoms with van der Waals surface area (Å²) in [4.78, 5) is 14.7. The molecular weight excluding hydrogens is 331 g/mol. The first kappa shape index (κ1) is 16.1. The van der Waals surface area contributed by atoms with Crippen molar-refractivity contribution >= 4 is 28.8 Å². The summed E-state index contributed by atoms with van der Waals surface area (Å²) in [6, 6.07) is 1.01. The lowest BCUT2D eigenvalue weighted by atomic mass is 10.2. The van der Waals surface area contributed by atoms with E-state index in [0.717, 1.165) is 43.5 Å². The number of aromatic nitrogens is 3. The molecule has 0 bridgehead atoms.